The van der Waals surface area contributed by atoms with Crippen LogP contribution in [0.3, 0.4) is 0 Å². The lowest BCUT2D eigenvalue weighted by molar-refractivity contribution is -0.134. The Morgan fingerprint density at radius 2 is 1.97 bits per heavy atom. The molecule has 32 heavy (non-hydrogen) atoms. The van der Waals surface area contributed by atoms with Gasteiger partial charge in [0.1, 0.15) is 22.7 Å². The van der Waals surface area contributed by atoms with Crippen LogP contribution in [0, 0.1) is 11.7 Å². The zero-order valence-electron chi connectivity index (χ0n) is 18.9. The van der Waals surface area contributed by atoms with Crippen LogP contribution in [0.5, 0.6) is 5.75 Å². The largest absolute Gasteiger partial charge is 0.494 e. The maximum Gasteiger partial charge on any atom is 0.407 e. The number of amides is 4. The van der Waals surface area contributed by atoms with Crippen LogP contribution >= 0.6 is 0 Å². The van der Waals surface area contributed by atoms with Gasteiger partial charge in [-0.05, 0) is 64.3 Å². The Labute approximate surface area is 187 Å². The number of halogens is 1. The molecule has 4 amide bonds. The normalized spacial score (nSPS) is 23.2. The van der Waals surface area contributed by atoms with Crippen molar-refractivity contribution in [2.45, 2.75) is 64.0 Å². The summed E-state index contributed by atoms with van der Waals surface area (Å²) < 4.78 is 23.8. The quantitative estimate of drug-likeness (QED) is 0.490. The molecular weight excluding hydrogens is 417 g/mol. The topological polar surface area (TPSA) is 97.0 Å². The minimum Gasteiger partial charge on any atom is -0.494 e. The number of hydrogen-bond acceptors (Lipinski definition) is 5. The van der Waals surface area contributed by atoms with Gasteiger partial charge in [0.15, 0.2) is 0 Å². The van der Waals surface area contributed by atoms with Crippen molar-refractivity contribution in [3.05, 3.63) is 30.1 Å². The average Bonchev–Trinajstić information content (AvgIpc) is 2.95. The zero-order valence-corrected chi connectivity index (χ0v) is 18.9. The smallest absolute Gasteiger partial charge is 0.407 e. The van der Waals surface area contributed by atoms with E-state index in [-0.39, 0.29) is 30.7 Å². The molecule has 1 heterocycles. The third-order valence-electron chi connectivity index (χ3n) is 5.77. The third kappa shape index (κ3) is 5.69. The van der Waals surface area contributed by atoms with E-state index in [4.69, 9.17) is 9.47 Å². The highest BCUT2D eigenvalue weighted by Crippen LogP contribution is 2.38. The molecular formula is C23H32FN3O5. The number of nitrogens with one attached hydrogen (secondary N) is 2. The van der Waals surface area contributed by atoms with Gasteiger partial charge in [0, 0.05) is 19.0 Å². The number of benzene rings is 1. The van der Waals surface area contributed by atoms with Gasteiger partial charge in [0.05, 0.1) is 6.61 Å². The van der Waals surface area contributed by atoms with Crippen LogP contribution in [0.15, 0.2) is 24.3 Å². The lowest BCUT2D eigenvalue weighted by atomic mass is 9.72. The van der Waals surface area contributed by atoms with Crippen LogP contribution in [0.25, 0.3) is 0 Å². The first-order valence-electron chi connectivity index (χ1n) is 11.1. The lowest BCUT2D eigenvalue weighted by Crippen LogP contribution is -2.58. The van der Waals surface area contributed by atoms with E-state index >= 15 is 0 Å². The van der Waals surface area contributed by atoms with Crippen molar-refractivity contribution in [2.75, 3.05) is 19.7 Å². The zero-order chi connectivity index (χ0) is 23.4. The molecule has 1 spiro atoms. The molecule has 2 atom stereocenters. The fourth-order valence-corrected chi connectivity index (χ4v) is 4.28. The van der Waals surface area contributed by atoms with Crippen molar-refractivity contribution in [3.8, 4) is 5.75 Å². The number of urea groups is 1. The van der Waals surface area contributed by atoms with Crippen LogP contribution < -0.4 is 15.4 Å². The van der Waals surface area contributed by atoms with Crippen LogP contribution in [0.4, 0.5) is 14.0 Å². The maximum absolute atomic E-state index is 13.3. The highest BCUT2D eigenvalue weighted by Gasteiger charge is 2.56. The minimum atomic E-state index is -0.998. The number of rotatable bonds is 7. The summed E-state index contributed by atoms with van der Waals surface area (Å²) in [6.07, 6.45) is 2.94. The number of imide groups is 1. The van der Waals surface area contributed by atoms with Crippen LogP contribution in [0.1, 0.15) is 52.9 Å². The molecule has 1 aromatic rings. The summed E-state index contributed by atoms with van der Waals surface area (Å²) in [7, 11) is 0. The Bertz CT molecular complexity index is 839. The van der Waals surface area contributed by atoms with Gasteiger partial charge in [-0.1, -0.05) is 12.8 Å². The molecule has 1 aliphatic carbocycles. The number of alkyl carbamates (subject to hydrolysis) is 1. The molecule has 8 nitrogen and oxygen atoms in total. The first-order chi connectivity index (χ1) is 15.1. The molecule has 1 aliphatic heterocycles. The van der Waals surface area contributed by atoms with Crippen molar-refractivity contribution in [1.82, 2.24) is 15.5 Å². The Morgan fingerprint density at radius 3 is 2.66 bits per heavy atom. The van der Waals surface area contributed by atoms with E-state index in [0.717, 1.165) is 19.3 Å². The SMILES string of the molecule is CC(C)(C)OC(=O)NC[C@@H]1CCCC[C@@]12NC(=O)N(CCCOc1ccc(F)cc1)C2=O. The van der Waals surface area contributed by atoms with Crippen LogP contribution in [-0.4, -0.2) is 53.8 Å². The molecule has 1 saturated heterocycles. The van der Waals surface area contributed by atoms with E-state index < -0.39 is 23.3 Å². The summed E-state index contributed by atoms with van der Waals surface area (Å²) in [4.78, 5) is 39.2. The van der Waals surface area contributed by atoms with Crippen LogP contribution in [0.2, 0.25) is 0 Å². The predicted octanol–water partition coefficient (Wildman–Crippen LogP) is 3.60. The van der Waals surface area contributed by atoms with Crippen molar-refractivity contribution in [2.24, 2.45) is 5.92 Å². The molecule has 9 heteroatoms. The van der Waals surface area contributed by atoms with E-state index in [2.05, 4.69) is 10.6 Å². The third-order valence-corrected chi connectivity index (χ3v) is 5.77. The van der Waals surface area contributed by atoms with Gasteiger partial charge in [-0.15, -0.1) is 0 Å². The molecule has 2 fully saturated rings. The molecule has 0 radical (unpaired) electrons. The molecule has 2 N–H and O–H groups in total. The Morgan fingerprint density at radius 1 is 1.25 bits per heavy atom. The van der Waals surface area contributed by atoms with Gasteiger partial charge in [-0.25, -0.2) is 14.0 Å². The average molecular weight is 450 g/mol. The predicted molar refractivity (Wildman–Crippen MR) is 116 cm³/mol. The molecule has 1 saturated carbocycles. The fourth-order valence-electron chi connectivity index (χ4n) is 4.28. The molecule has 0 aromatic heterocycles. The molecule has 0 unspecified atom stereocenters. The second-order valence-electron chi connectivity index (χ2n) is 9.34. The Hall–Kier alpha value is -2.84. The molecule has 2 aliphatic rings. The Kier molecular flexibility index (Phi) is 7.26. The van der Waals surface area contributed by atoms with Crippen molar-refractivity contribution in [1.29, 1.82) is 0 Å². The second-order valence-corrected chi connectivity index (χ2v) is 9.34. The highest BCUT2D eigenvalue weighted by atomic mass is 19.1. The van der Waals surface area contributed by atoms with Crippen molar-refractivity contribution < 1.29 is 28.2 Å². The summed E-state index contributed by atoms with van der Waals surface area (Å²) in [5.74, 6) is -0.272. The van der Waals surface area contributed by atoms with Gasteiger partial charge >= 0.3 is 12.1 Å². The minimum absolute atomic E-state index is 0.208. The Balaban J connectivity index is 1.56. The standard InChI is InChI=1S/C23H32FN3O5/c1-22(2,3)32-21(30)25-15-16-7-4-5-12-23(16)19(28)27(20(29)26-23)13-6-14-31-18-10-8-17(24)9-11-18/h8-11,16H,4-7,12-15H2,1-3H3,(H,25,30)(H,26,29)/t16-,23+/m0/s1. The summed E-state index contributed by atoms with van der Waals surface area (Å²) >= 11 is 0. The highest BCUT2D eigenvalue weighted by molar-refractivity contribution is 6.07. The van der Waals surface area contributed by atoms with E-state index in [9.17, 15) is 18.8 Å². The van der Waals surface area contributed by atoms with E-state index in [1.807, 2.05) is 0 Å². The number of carbonyl (C=O) groups excluding carboxylic acids is 3. The molecule has 3 rings (SSSR count). The van der Waals surface area contributed by atoms with Crippen LogP contribution in [-0.2, 0) is 9.53 Å². The van der Waals surface area contributed by atoms with E-state index in [1.165, 1.54) is 29.2 Å². The summed E-state index contributed by atoms with van der Waals surface area (Å²) in [5.41, 5.74) is -1.61. The second kappa shape index (κ2) is 9.75. The van der Waals surface area contributed by atoms with Gasteiger partial charge in [-0.2, -0.15) is 0 Å². The number of ether oxygens (including phenoxy) is 2. The lowest BCUT2D eigenvalue weighted by Gasteiger charge is -2.39. The maximum atomic E-state index is 13.3. The van der Waals surface area contributed by atoms with Gasteiger partial charge in [0.25, 0.3) is 5.91 Å². The summed E-state index contributed by atoms with van der Waals surface area (Å²) in [6.45, 7) is 6.12. The monoisotopic (exact) mass is 449 g/mol. The number of nitrogens with zero attached hydrogens (tertiary/aromatic N) is 1. The fraction of sp³-hybridized carbons (Fsp3) is 0.609. The first kappa shape index (κ1) is 23.8. The summed E-state index contributed by atoms with van der Waals surface area (Å²) in [6, 6.07) is 5.27. The molecule has 1 aromatic carbocycles. The van der Waals surface area contributed by atoms with Gasteiger partial charge in [-0.3, -0.25) is 9.69 Å². The molecule has 176 valence electrons. The molecule has 0 bridgehead atoms. The summed E-state index contributed by atoms with van der Waals surface area (Å²) in [5, 5.41) is 5.67. The van der Waals surface area contributed by atoms with E-state index in [0.29, 0.717) is 25.2 Å². The van der Waals surface area contributed by atoms with Crippen molar-refractivity contribution in [3.63, 3.8) is 0 Å². The first-order valence-corrected chi connectivity index (χ1v) is 11.1. The number of carbonyl (C=O) groups is 3. The van der Waals surface area contributed by atoms with Gasteiger partial charge < -0.3 is 20.1 Å². The van der Waals surface area contributed by atoms with Gasteiger partial charge in [0.2, 0.25) is 0 Å². The number of hydrogen-bond donors (Lipinski definition) is 2. The van der Waals surface area contributed by atoms with E-state index in [1.54, 1.807) is 20.8 Å². The van der Waals surface area contributed by atoms with Crippen molar-refractivity contribution >= 4 is 18.0 Å².